The normalized spacial score (nSPS) is 12.2. The Kier molecular flexibility index (Phi) is 6.06. The van der Waals surface area contributed by atoms with E-state index >= 15 is 0 Å². The Morgan fingerprint density at radius 2 is 2.09 bits per heavy atom. The van der Waals surface area contributed by atoms with Gasteiger partial charge in [0.15, 0.2) is 0 Å². The van der Waals surface area contributed by atoms with Crippen LogP contribution in [0.4, 0.5) is 5.13 Å². The Morgan fingerprint density at radius 1 is 1.30 bits per heavy atom. The Bertz CT molecular complexity index is 658. The first kappa shape index (κ1) is 17.4. The van der Waals surface area contributed by atoms with E-state index in [1.165, 1.54) is 11.3 Å². The van der Waals surface area contributed by atoms with Gasteiger partial charge in [0, 0.05) is 5.92 Å². The maximum atomic E-state index is 12.1. The fraction of sp³-hybridized carbons (Fsp3) is 0.438. The molecule has 1 atom stereocenters. The second kappa shape index (κ2) is 8.03. The number of nitrogens with zero attached hydrogens (tertiary/aromatic N) is 2. The Morgan fingerprint density at radius 3 is 2.74 bits per heavy atom. The van der Waals surface area contributed by atoms with E-state index in [0.29, 0.717) is 17.7 Å². The molecule has 23 heavy (non-hydrogen) atoms. The lowest BCUT2D eigenvalue weighted by Gasteiger charge is -2.12. The topological polar surface area (TPSA) is 73.3 Å². The summed E-state index contributed by atoms with van der Waals surface area (Å²) in [5.41, 5.74) is 0.946. The van der Waals surface area contributed by atoms with Crippen LogP contribution in [0.3, 0.4) is 0 Å². The van der Waals surface area contributed by atoms with Gasteiger partial charge in [-0.25, -0.2) is 0 Å². The zero-order chi connectivity index (χ0) is 16.8. The minimum atomic E-state index is -0.590. The molecular formula is C16H21N3O3S. The van der Waals surface area contributed by atoms with Crippen molar-refractivity contribution in [1.29, 1.82) is 0 Å². The van der Waals surface area contributed by atoms with Crippen molar-refractivity contribution in [1.82, 2.24) is 10.2 Å². The number of hydrogen-bond donors (Lipinski definition) is 1. The lowest BCUT2D eigenvalue weighted by molar-refractivity contribution is -0.127. The summed E-state index contributed by atoms with van der Waals surface area (Å²) in [7, 11) is 1.61. The van der Waals surface area contributed by atoms with E-state index in [9.17, 15) is 4.79 Å². The van der Waals surface area contributed by atoms with Crippen molar-refractivity contribution in [2.75, 3.05) is 12.4 Å². The van der Waals surface area contributed by atoms with Crippen LogP contribution in [0.5, 0.6) is 5.75 Å². The van der Waals surface area contributed by atoms with Crippen LogP contribution in [-0.4, -0.2) is 29.3 Å². The fourth-order valence-electron chi connectivity index (χ4n) is 1.78. The lowest BCUT2D eigenvalue weighted by Crippen LogP contribution is -2.27. The summed E-state index contributed by atoms with van der Waals surface area (Å²) in [6.07, 6.45) is -0.590. The summed E-state index contributed by atoms with van der Waals surface area (Å²) in [4.78, 5) is 12.1. The van der Waals surface area contributed by atoms with Gasteiger partial charge in [-0.3, -0.25) is 10.1 Å². The number of anilines is 1. The minimum absolute atomic E-state index is 0.237. The van der Waals surface area contributed by atoms with Gasteiger partial charge >= 0.3 is 0 Å². The molecule has 0 saturated heterocycles. The molecule has 1 aromatic carbocycles. The number of methoxy groups -OCH3 is 1. The number of nitrogens with one attached hydrogen (secondary N) is 1. The predicted octanol–water partition coefficient (Wildman–Crippen LogP) is 3.21. The van der Waals surface area contributed by atoms with Gasteiger partial charge in [-0.1, -0.05) is 37.3 Å². The molecule has 1 N–H and O–H groups in total. The van der Waals surface area contributed by atoms with E-state index in [0.717, 1.165) is 16.3 Å². The van der Waals surface area contributed by atoms with Crippen LogP contribution >= 0.6 is 11.3 Å². The van der Waals surface area contributed by atoms with Crippen molar-refractivity contribution in [3.8, 4) is 5.75 Å². The number of carbonyl (C=O) groups excluding carboxylic acids is 1. The number of aromatic nitrogens is 2. The van der Waals surface area contributed by atoms with Crippen molar-refractivity contribution in [2.24, 2.45) is 0 Å². The number of hydrogen-bond acceptors (Lipinski definition) is 6. The monoisotopic (exact) mass is 335 g/mol. The van der Waals surface area contributed by atoms with Gasteiger partial charge in [0.1, 0.15) is 16.9 Å². The minimum Gasteiger partial charge on any atom is -0.497 e. The van der Waals surface area contributed by atoms with Gasteiger partial charge in [0.05, 0.1) is 13.7 Å². The quantitative estimate of drug-likeness (QED) is 0.841. The van der Waals surface area contributed by atoms with Crippen molar-refractivity contribution < 1.29 is 14.3 Å². The van der Waals surface area contributed by atoms with Crippen LogP contribution < -0.4 is 10.1 Å². The van der Waals surface area contributed by atoms with E-state index in [4.69, 9.17) is 9.47 Å². The van der Waals surface area contributed by atoms with Crippen molar-refractivity contribution in [3.05, 3.63) is 34.8 Å². The summed E-state index contributed by atoms with van der Waals surface area (Å²) in [5.74, 6) is 0.817. The molecule has 1 amide bonds. The summed E-state index contributed by atoms with van der Waals surface area (Å²) in [5, 5.41) is 12.1. The highest BCUT2D eigenvalue weighted by atomic mass is 32.1. The SMILES string of the molecule is COc1cccc(CO[C@@H](C)C(=O)Nc2nnc(C(C)C)s2)c1. The third-order valence-electron chi connectivity index (χ3n) is 3.17. The maximum Gasteiger partial charge on any atom is 0.255 e. The molecule has 6 nitrogen and oxygen atoms in total. The molecule has 0 fully saturated rings. The first-order chi connectivity index (χ1) is 11.0. The second-order valence-electron chi connectivity index (χ2n) is 5.39. The first-order valence-corrected chi connectivity index (χ1v) is 8.20. The van der Waals surface area contributed by atoms with E-state index in [2.05, 4.69) is 15.5 Å². The largest absolute Gasteiger partial charge is 0.497 e. The van der Waals surface area contributed by atoms with Crippen LogP contribution in [0.15, 0.2) is 24.3 Å². The van der Waals surface area contributed by atoms with Gasteiger partial charge < -0.3 is 9.47 Å². The van der Waals surface area contributed by atoms with Gasteiger partial charge in [-0.2, -0.15) is 0 Å². The standard InChI is InChI=1S/C16H21N3O3S/c1-10(2)15-18-19-16(23-15)17-14(20)11(3)22-9-12-6-5-7-13(8-12)21-4/h5-8,10-11H,9H2,1-4H3,(H,17,19,20)/t11-/m0/s1. The van der Waals surface area contributed by atoms with Crippen LogP contribution in [-0.2, 0) is 16.1 Å². The van der Waals surface area contributed by atoms with Gasteiger partial charge in [-0.15, -0.1) is 10.2 Å². The molecule has 0 bridgehead atoms. The lowest BCUT2D eigenvalue weighted by atomic mass is 10.2. The average molecular weight is 335 g/mol. The zero-order valence-electron chi connectivity index (χ0n) is 13.7. The van der Waals surface area contributed by atoms with E-state index in [1.54, 1.807) is 14.0 Å². The van der Waals surface area contributed by atoms with Gasteiger partial charge in [-0.05, 0) is 24.6 Å². The number of benzene rings is 1. The molecule has 0 aliphatic heterocycles. The first-order valence-electron chi connectivity index (χ1n) is 7.38. The highest BCUT2D eigenvalue weighted by molar-refractivity contribution is 7.15. The number of carbonyl (C=O) groups is 1. The molecule has 0 unspecified atom stereocenters. The van der Waals surface area contributed by atoms with Crippen LogP contribution in [0, 0.1) is 0 Å². The Hall–Kier alpha value is -1.99. The van der Waals surface area contributed by atoms with Gasteiger partial charge in [0.2, 0.25) is 5.13 Å². The van der Waals surface area contributed by atoms with Crippen LogP contribution in [0.2, 0.25) is 0 Å². The molecule has 0 spiro atoms. The molecule has 0 aliphatic carbocycles. The van der Waals surface area contributed by atoms with Gasteiger partial charge in [0.25, 0.3) is 5.91 Å². The van der Waals surface area contributed by atoms with Crippen LogP contribution in [0.1, 0.15) is 37.3 Å². The second-order valence-corrected chi connectivity index (χ2v) is 6.40. The molecule has 0 radical (unpaired) electrons. The average Bonchev–Trinajstić information content (AvgIpc) is 3.01. The number of rotatable bonds is 7. The van der Waals surface area contributed by atoms with E-state index < -0.39 is 6.10 Å². The van der Waals surface area contributed by atoms with E-state index in [-0.39, 0.29) is 5.91 Å². The molecule has 2 aromatic rings. The molecular weight excluding hydrogens is 314 g/mol. The third-order valence-corrected chi connectivity index (χ3v) is 4.31. The predicted molar refractivity (Wildman–Crippen MR) is 89.9 cm³/mol. The summed E-state index contributed by atoms with van der Waals surface area (Å²) < 4.78 is 10.8. The number of ether oxygens (including phenoxy) is 2. The molecule has 2 rings (SSSR count). The summed E-state index contributed by atoms with van der Waals surface area (Å²) >= 11 is 1.38. The molecule has 0 saturated carbocycles. The van der Waals surface area contributed by atoms with Crippen molar-refractivity contribution in [3.63, 3.8) is 0 Å². The van der Waals surface area contributed by atoms with Crippen LogP contribution in [0.25, 0.3) is 0 Å². The highest BCUT2D eigenvalue weighted by Gasteiger charge is 2.16. The van der Waals surface area contributed by atoms with Crippen molar-refractivity contribution in [2.45, 2.75) is 39.4 Å². The summed E-state index contributed by atoms with van der Waals surface area (Å²) in [6, 6.07) is 7.55. The summed E-state index contributed by atoms with van der Waals surface area (Å²) in [6.45, 7) is 6.11. The molecule has 7 heteroatoms. The molecule has 124 valence electrons. The Balaban J connectivity index is 1.86. The third kappa shape index (κ3) is 5.01. The smallest absolute Gasteiger partial charge is 0.255 e. The zero-order valence-corrected chi connectivity index (χ0v) is 14.5. The van der Waals surface area contributed by atoms with Crippen molar-refractivity contribution >= 4 is 22.4 Å². The molecule has 0 aliphatic rings. The fourth-order valence-corrected chi connectivity index (χ4v) is 2.53. The van der Waals surface area contributed by atoms with E-state index in [1.807, 2.05) is 38.1 Å². The highest BCUT2D eigenvalue weighted by Crippen LogP contribution is 2.22. The maximum absolute atomic E-state index is 12.1. The molecule has 1 heterocycles. The molecule has 1 aromatic heterocycles. The number of amides is 1. The Labute approximate surface area is 139 Å².